The summed E-state index contributed by atoms with van der Waals surface area (Å²) in [4.78, 5) is 38.9. The van der Waals surface area contributed by atoms with Crippen LogP contribution in [0.3, 0.4) is 0 Å². The van der Waals surface area contributed by atoms with Gasteiger partial charge in [-0.15, -0.1) is 11.8 Å². The molecule has 10 heteroatoms. The maximum atomic E-state index is 13.2. The van der Waals surface area contributed by atoms with Crippen LogP contribution in [-0.2, 0) is 16.6 Å². The lowest BCUT2D eigenvalue weighted by Gasteiger charge is -2.24. The summed E-state index contributed by atoms with van der Waals surface area (Å²) < 4.78 is 6.97. The first-order valence-electron chi connectivity index (χ1n) is 11.2. The number of carboxylic acid groups (broad SMARTS) is 1. The summed E-state index contributed by atoms with van der Waals surface area (Å²) in [5.74, 6) is -1.33. The Labute approximate surface area is 206 Å². The van der Waals surface area contributed by atoms with Gasteiger partial charge in [-0.05, 0) is 29.2 Å². The average Bonchev–Trinajstić information content (AvgIpc) is 3.50. The lowest BCUT2D eigenvalue weighted by atomic mass is 9.98. The molecule has 2 heterocycles. The highest BCUT2D eigenvalue weighted by atomic mass is 32.2. The molecule has 0 spiro atoms. The number of anilines is 1. The van der Waals surface area contributed by atoms with Gasteiger partial charge in [0.1, 0.15) is 18.2 Å². The Morgan fingerprint density at radius 3 is 2.37 bits per heavy atom. The number of rotatable bonds is 5. The van der Waals surface area contributed by atoms with Gasteiger partial charge in [-0.2, -0.15) is 5.10 Å². The number of carbonyl (C=O) groups is 3. The van der Waals surface area contributed by atoms with Crippen LogP contribution in [0.25, 0.3) is 11.1 Å². The highest BCUT2D eigenvalue weighted by Gasteiger charge is 2.41. The second-order valence-corrected chi connectivity index (χ2v) is 9.86. The summed E-state index contributed by atoms with van der Waals surface area (Å²) in [5.41, 5.74) is 4.55. The topological polar surface area (TPSA) is 114 Å². The van der Waals surface area contributed by atoms with Gasteiger partial charge in [0.15, 0.2) is 5.82 Å². The van der Waals surface area contributed by atoms with Gasteiger partial charge in [0.2, 0.25) is 0 Å². The predicted molar refractivity (Wildman–Crippen MR) is 131 cm³/mol. The van der Waals surface area contributed by atoms with Crippen molar-refractivity contribution in [2.75, 3.05) is 17.7 Å². The molecule has 2 N–H and O–H groups in total. The van der Waals surface area contributed by atoms with E-state index in [1.54, 1.807) is 14.0 Å². The molecule has 3 aromatic rings. The van der Waals surface area contributed by atoms with E-state index in [9.17, 15) is 19.5 Å². The van der Waals surface area contributed by atoms with Gasteiger partial charge in [-0.25, -0.2) is 9.59 Å². The van der Waals surface area contributed by atoms with Crippen LogP contribution < -0.4 is 5.32 Å². The lowest BCUT2D eigenvalue weighted by molar-refractivity contribution is -0.141. The Morgan fingerprint density at radius 2 is 1.74 bits per heavy atom. The van der Waals surface area contributed by atoms with E-state index in [1.807, 2.05) is 36.4 Å². The molecule has 1 saturated heterocycles. The number of nitrogens with one attached hydrogen (secondary N) is 1. The summed E-state index contributed by atoms with van der Waals surface area (Å²) in [6.07, 6.45) is 0.731. The minimum atomic E-state index is -1.06. The minimum Gasteiger partial charge on any atom is -0.480 e. The Bertz CT molecular complexity index is 1280. The third-order valence-corrected chi connectivity index (χ3v) is 7.58. The molecule has 2 aromatic carbocycles. The van der Waals surface area contributed by atoms with E-state index >= 15 is 0 Å². The van der Waals surface area contributed by atoms with Gasteiger partial charge in [0, 0.05) is 24.9 Å². The van der Waals surface area contributed by atoms with Gasteiger partial charge >= 0.3 is 12.1 Å². The normalized spacial score (nSPS) is 18.7. The van der Waals surface area contributed by atoms with Crippen molar-refractivity contribution in [3.05, 3.63) is 71.4 Å². The highest BCUT2D eigenvalue weighted by Crippen LogP contribution is 2.44. The molecule has 2 atom stereocenters. The quantitative estimate of drug-likeness (QED) is 0.557. The van der Waals surface area contributed by atoms with Gasteiger partial charge in [-0.3, -0.25) is 14.8 Å². The molecule has 35 heavy (non-hydrogen) atoms. The first-order chi connectivity index (χ1) is 16.8. The number of hydrogen-bond donors (Lipinski definition) is 2. The van der Waals surface area contributed by atoms with E-state index in [-0.39, 0.29) is 29.3 Å². The Balaban J connectivity index is 1.31. The molecular weight excluding hydrogens is 468 g/mol. The van der Waals surface area contributed by atoms with Gasteiger partial charge in [0.25, 0.3) is 5.91 Å². The van der Waals surface area contributed by atoms with Crippen molar-refractivity contribution >= 4 is 35.5 Å². The summed E-state index contributed by atoms with van der Waals surface area (Å²) in [6, 6.07) is 15.1. The number of aromatic nitrogens is 2. The molecule has 0 radical (unpaired) electrons. The lowest BCUT2D eigenvalue weighted by Crippen LogP contribution is -2.44. The van der Waals surface area contributed by atoms with Crippen molar-refractivity contribution in [3.8, 4) is 11.1 Å². The average molecular weight is 493 g/mol. The van der Waals surface area contributed by atoms with E-state index in [1.165, 1.54) is 27.5 Å². The molecule has 0 bridgehead atoms. The fourth-order valence-corrected chi connectivity index (χ4v) is 5.92. The van der Waals surface area contributed by atoms with Crippen molar-refractivity contribution in [1.82, 2.24) is 14.7 Å². The zero-order chi connectivity index (χ0) is 24.7. The molecule has 1 aromatic heterocycles. The van der Waals surface area contributed by atoms with Gasteiger partial charge in [0.05, 0.1) is 5.37 Å². The largest absolute Gasteiger partial charge is 0.480 e. The number of aliphatic carboxylic acids is 1. The number of amides is 2. The zero-order valence-corrected chi connectivity index (χ0v) is 20.0. The number of nitrogens with zero attached hydrogens (tertiary/aromatic N) is 3. The van der Waals surface area contributed by atoms with Gasteiger partial charge < -0.3 is 14.7 Å². The first-order valence-corrected chi connectivity index (χ1v) is 12.2. The van der Waals surface area contributed by atoms with Crippen LogP contribution in [0, 0.1) is 0 Å². The Morgan fingerprint density at radius 1 is 1.11 bits per heavy atom. The monoisotopic (exact) mass is 492 g/mol. The van der Waals surface area contributed by atoms with Crippen molar-refractivity contribution in [3.63, 3.8) is 0 Å². The molecule has 1 fully saturated rings. The standard InChI is InChI=1S/C25H24N4O5S/c1-14-29(21(13-35-14)24(31)32)23(30)19-11-28(2)27-22(19)26-25(33)34-12-20-17-9-5-3-7-15(17)16-8-4-6-10-18(16)20/h3-11,14,20-21H,12-13H2,1-2H3,(H,31,32)(H,26,27,33). The van der Waals surface area contributed by atoms with Crippen LogP contribution in [0.1, 0.15) is 34.3 Å². The fraction of sp³-hybridized carbons (Fsp3) is 0.280. The van der Waals surface area contributed by atoms with Crippen LogP contribution in [0.4, 0.5) is 10.6 Å². The number of carboxylic acids is 1. The molecule has 1 aliphatic heterocycles. The van der Waals surface area contributed by atoms with Crippen LogP contribution in [-0.4, -0.2) is 61.5 Å². The number of hydrogen-bond acceptors (Lipinski definition) is 6. The number of ether oxygens (including phenoxy) is 1. The summed E-state index contributed by atoms with van der Waals surface area (Å²) in [7, 11) is 1.62. The van der Waals surface area contributed by atoms with Crippen molar-refractivity contribution in [1.29, 1.82) is 0 Å². The smallest absolute Gasteiger partial charge is 0.412 e. The molecule has 5 rings (SSSR count). The number of thioether (sulfide) groups is 1. The second kappa shape index (κ2) is 9.10. The third-order valence-electron chi connectivity index (χ3n) is 6.37. The zero-order valence-electron chi connectivity index (χ0n) is 19.2. The maximum Gasteiger partial charge on any atom is 0.412 e. The minimum absolute atomic E-state index is 0.0305. The van der Waals surface area contributed by atoms with Gasteiger partial charge in [-0.1, -0.05) is 48.5 Å². The molecule has 2 unspecified atom stereocenters. The molecule has 2 amide bonds. The molecular formula is C25H24N4O5S. The van der Waals surface area contributed by atoms with E-state index in [4.69, 9.17) is 4.74 Å². The SMILES string of the molecule is CC1SCC(C(=O)O)N1C(=O)c1cn(C)nc1NC(=O)OCC1c2ccccc2-c2ccccc21. The van der Waals surface area contributed by atoms with Crippen LogP contribution in [0.15, 0.2) is 54.7 Å². The van der Waals surface area contributed by atoms with Crippen LogP contribution >= 0.6 is 11.8 Å². The van der Waals surface area contributed by atoms with Crippen LogP contribution in [0.2, 0.25) is 0 Å². The Kier molecular flexibility index (Phi) is 5.98. The number of fused-ring (bicyclic) bond motifs is 3. The predicted octanol–water partition coefficient (Wildman–Crippen LogP) is 3.77. The molecule has 0 saturated carbocycles. The maximum absolute atomic E-state index is 13.2. The van der Waals surface area contributed by atoms with Crippen molar-refractivity contribution < 1.29 is 24.2 Å². The Hall–Kier alpha value is -3.79. The number of benzene rings is 2. The summed E-state index contributed by atoms with van der Waals surface area (Å²) in [6.45, 7) is 1.90. The second-order valence-electron chi connectivity index (χ2n) is 8.51. The van der Waals surface area contributed by atoms with Crippen LogP contribution in [0.5, 0.6) is 0 Å². The molecule has 1 aliphatic carbocycles. The summed E-state index contributed by atoms with van der Waals surface area (Å²) in [5, 5.41) is 16.0. The van der Waals surface area contributed by atoms with Crippen molar-refractivity contribution in [2.45, 2.75) is 24.3 Å². The number of aryl methyl sites for hydroxylation is 1. The molecule has 180 valence electrons. The van der Waals surface area contributed by atoms with Crippen molar-refractivity contribution in [2.24, 2.45) is 7.05 Å². The summed E-state index contributed by atoms with van der Waals surface area (Å²) >= 11 is 1.39. The van der Waals surface area contributed by atoms with E-state index in [2.05, 4.69) is 22.5 Å². The van der Waals surface area contributed by atoms with E-state index in [0.717, 1.165) is 22.3 Å². The highest BCUT2D eigenvalue weighted by molar-refractivity contribution is 8.00. The third kappa shape index (κ3) is 4.14. The first kappa shape index (κ1) is 23.0. The van der Waals surface area contributed by atoms with E-state index in [0.29, 0.717) is 5.75 Å². The van der Waals surface area contributed by atoms with E-state index < -0.39 is 24.0 Å². The number of carbonyl (C=O) groups excluding carboxylic acids is 2. The fourth-order valence-electron chi connectivity index (χ4n) is 4.75. The molecule has 2 aliphatic rings. The molecule has 9 nitrogen and oxygen atoms in total.